The summed E-state index contributed by atoms with van der Waals surface area (Å²) in [6.07, 6.45) is 34.0. The van der Waals surface area contributed by atoms with Crippen molar-refractivity contribution in [1.29, 1.82) is 0 Å². The zero-order valence-corrected chi connectivity index (χ0v) is 36.0. The molecule has 0 spiro atoms. The Hall–Kier alpha value is -2.12. The number of carboxylic acid groups (broad SMARTS) is 4. The minimum absolute atomic E-state index is 0. The van der Waals surface area contributed by atoms with Gasteiger partial charge in [-0.3, -0.25) is 0 Å². The molecule has 0 aliphatic carbocycles. The van der Waals surface area contributed by atoms with E-state index in [1.54, 1.807) is 0 Å². The van der Waals surface area contributed by atoms with Crippen LogP contribution in [0, 0.1) is 11.8 Å². The number of aliphatic carboxylic acids is 4. The third-order valence-electron chi connectivity index (χ3n) is 8.55. The Morgan fingerprint density at radius 1 is 0.415 bits per heavy atom. The van der Waals surface area contributed by atoms with Gasteiger partial charge in [0.2, 0.25) is 0 Å². The summed E-state index contributed by atoms with van der Waals surface area (Å²) >= 11 is 0. The Labute approximate surface area is 336 Å². The van der Waals surface area contributed by atoms with Gasteiger partial charge < -0.3 is 30.0 Å². The molecule has 0 heterocycles. The second-order valence-corrected chi connectivity index (χ2v) is 15.3. The largest absolute Gasteiger partial charge is 2.00 e. The summed E-state index contributed by atoms with van der Waals surface area (Å²) in [4.78, 5) is 39.6. The van der Waals surface area contributed by atoms with Gasteiger partial charge in [0.25, 0.3) is 0 Å². The summed E-state index contributed by atoms with van der Waals surface area (Å²) in [7, 11) is 0. The van der Waals surface area contributed by atoms with Crippen LogP contribution in [-0.2, 0) is 36.2 Å². The van der Waals surface area contributed by atoms with Crippen molar-refractivity contribution in [2.45, 2.75) is 221 Å². The molecule has 9 heteroatoms. The zero-order chi connectivity index (χ0) is 40.4. The van der Waals surface area contributed by atoms with Crippen LogP contribution in [0.1, 0.15) is 221 Å². The average Bonchev–Trinajstić information content (AvgIpc) is 3.05. The Morgan fingerprint density at radius 3 is 0.698 bits per heavy atom. The second kappa shape index (κ2) is 47.9. The van der Waals surface area contributed by atoms with E-state index >= 15 is 0 Å². The number of unbranched alkanes of at least 4 members (excludes halogenated alkanes) is 22. The third kappa shape index (κ3) is 71.9. The molecule has 0 aromatic heterocycles. The van der Waals surface area contributed by atoms with Crippen LogP contribution < -0.4 is 10.2 Å². The Kier molecular flexibility index (Phi) is 54.4. The molecular weight excluding hydrogens is 720 g/mol. The third-order valence-corrected chi connectivity index (χ3v) is 8.55. The molecule has 0 aliphatic rings. The van der Waals surface area contributed by atoms with Crippen LogP contribution in [0.5, 0.6) is 0 Å². The van der Waals surface area contributed by atoms with Gasteiger partial charge in [-0.05, 0) is 51.4 Å². The molecule has 0 saturated carbocycles. The number of hydrogen-bond acceptors (Lipinski definition) is 6. The van der Waals surface area contributed by atoms with E-state index in [-0.39, 0.29) is 41.1 Å². The van der Waals surface area contributed by atoms with Crippen molar-refractivity contribution >= 4 is 23.9 Å². The minimum atomic E-state index is -0.935. The molecule has 0 bridgehead atoms. The average molecular weight is 803 g/mol. The van der Waals surface area contributed by atoms with Crippen molar-refractivity contribution in [3.8, 4) is 0 Å². The Bertz CT molecular complexity index is 775. The molecule has 8 nitrogen and oxygen atoms in total. The first-order valence-electron chi connectivity index (χ1n) is 20.7. The van der Waals surface area contributed by atoms with E-state index in [9.17, 15) is 29.4 Å². The number of carbonyl (C=O) groups is 4. The molecule has 0 fully saturated rings. The van der Waals surface area contributed by atoms with Gasteiger partial charge in [-0.1, -0.05) is 195 Å². The van der Waals surface area contributed by atoms with Gasteiger partial charge >= 0.3 is 29.0 Å². The normalized spacial score (nSPS) is 10.1. The molecule has 0 rings (SSSR count). The van der Waals surface area contributed by atoms with Crippen LogP contribution >= 0.6 is 0 Å². The number of carboxylic acids is 4. The molecular formula is C44H82CuO8. The maximum atomic E-state index is 10.2. The molecule has 0 saturated heterocycles. The van der Waals surface area contributed by atoms with Crippen LogP contribution in [-0.4, -0.2) is 34.1 Å². The molecule has 0 aliphatic heterocycles. The van der Waals surface area contributed by atoms with Gasteiger partial charge in [-0.15, -0.1) is 0 Å². The summed E-state index contributed by atoms with van der Waals surface area (Å²) in [6.45, 7) is 18.4. The fourth-order valence-corrected chi connectivity index (χ4v) is 5.18. The molecule has 0 amide bonds. The summed E-state index contributed by atoms with van der Waals surface area (Å²) < 4.78 is 0. The Balaban J connectivity index is -0.000000218. The van der Waals surface area contributed by atoms with E-state index in [2.05, 4.69) is 40.9 Å². The van der Waals surface area contributed by atoms with Crippen molar-refractivity contribution in [3.05, 3.63) is 24.3 Å². The van der Waals surface area contributed by atoms with Crippen molar-refractivity contribution < 1.29 is 56.7 Å². The molecule has 53 heavy (non-hydrogen) atoms. The van der Waals surface area contributed by atoms with Gasteiger partial charge in [-0.25, -0.2) is 9.59 Å². The summed E-state index contributed by atoms with van der Waals surface area (Å²) in [5.74, 6) is -1.95. The summed E-state index contributed by atoms with van der Waals surface area (Å²) in [6, 6.07) is 0. The van der Waals surface area contributed by atoms with Gasteiger partial charge in [0.1, 0.15) is 0 Å². The monoisotopic (exact) mass is 802 g/mol. The number of hydrogen-bond donors (Lipinski definition) is 2. The van der Waals surface area contributed by atoms with Crippen LogP contribution in [0.15, 0.2) is 24.3 Å². The molecule has 2 N–H and O–H groups in total. The van der Waals surface area contributed by atoms with E-state index in [1.807, 2.05) is 0 Å². The quantitative estimate of drug-likeness (QED) is 0.0387. The summed E-state index contributed by atoms with van der Waals surface area (Å²) in [5.41, 5.74) is 0.352. The van der Waals surface area contributed by atoms with Crippen LogP contribution in [0.2, 0.25) is 0 Å². The number of carbonyl (C=O) groups excluding carboxylic acids is 2. The fraction of sp³-hybridized carbons (Fsp3) is 0.818. The molecule has 0 aromatic rings. The van der Waals surface area contributed by atoms with E-state index in [0.29, 0.717) is 0 Å². The molecule has 0 unspecified atom stereocenters. The molecule has 1 radical (unpaired) electrons. The van der Waals surface area contributed by atoms with Crippen LogP contribution in [0.25, 0.3) is 0 Å². The molecule has 317 valence electrons. The minimum Gasteiger partial charge on any atom is -0.550 e. The first-order chi connectivity index (χ1) is 24.5. The molecule has 0 aromatic carbocycles. The predicted molar refractivity (Wildman–Crippen MR) is 214 cm³/mol. The fourth-order valence-electron chi connectivity index (χ4n) is 5.18. The van der Waals surface area contributed by atoms with Crippen LogP contribution in [0.3, 0.4) is 0 Å². The smallest absolute Gasteiger partial charge is 0.550 e. The van der Waals surface area contributed by atoms with E-state index in [4.69, 9.17) is 10.2 Å². The van der Waals surface area contributed by atoms with Gasteiger partial charge in [-0.2, -0.15) is 0 Å². The Morgan fingerprint density at radius 2 is 0.566 bits per heavy atom. The van der Waals surface area contributed by atoms with E-state index in [0.717, 1.165) is 37.5 Å². The topological polar surface area (TPSA) is 155 Å². The standard InChI is InChI=1S/2C18H36O2.2C4H6O2.Cu/c2*1-17(2)15-13-11-9-7-5-3-4-6-8-10-12-14-16-18(19)20;2*1-3(2)4(5)6;/h2*17H,3-16H2,1-2H3,(H,19,20);2*1H2,2H3,(H,5,6);/q;;;;+2/p-2. The van der Waals surface area contributed by atoms with E-state index < -0.39 is 23.9 Å². The van der Waals surface area contributed by atoms with Crippen molar-refractivity contribution in [2.75, 3.05) is 0 Å². The first-order valence-corrected chi connectivity index (χ1v) is 20.7. The van der Waals surface area contributed by atoms with Gasteiger partial charge in [0, 0.05) is 23.1 Å². The maximum absolute atomic E-state index is 10.2. The maximum Gasteiger partial charge on any atom is 2.00 e. The zero-order valence-electron chi connectivity index (χ0n) is 35.0. The molecule has 0 atom stereocenters. The number of rotatable bonds is 32. The second-order valence-electron chi connectivity index (χ2n) is 15.3. The SMILES string of the molecule is C=C(C)C(=O)O.C=C(C)C(=O)O.CC(C)CCCCCCCCCCCCCCC(=O)[O-].CC(C)CCCCCCCCCCCCCCC(=O)[O-].[Cu+2]. The van der Waals surface area contributed by atoms with Gasteiger partial charge in [0.15, 0.2) is 0 Å². The van der Waals surface area contributed by atoms with Crippen LogP contribution in [0.4, 0.5) is 0 Å². The van der Waals surface area contributed by atoms with E-state index in [1.165, 1.54) is 155 Å². The van der Waals surface area contributed by atoms with Crippen molar-refractivity contribution in [3.63, 3.8) is 0 Å². The van der Waals surface area contributed by atoms with Gasteiger partial charge in [0.05, 0.1) is 0 Å². The predicted octanol–water partition coefficient (Wildman–Crippen LogP) is 11.0. The summed E-state index contributed by atoms with van der Waals surface area (Å²) in [5, 5.41) is 36.2. The van der Waals surface area contributed by atoms with Crippen molar-refractivity contribution in [2.24, 2.45) is 11.8 Å². The first kappa shape index (κ1) is 60.1. The van der Waals surface area contributed by atoms with Crippen molar-refractivity contribution in [1.82, 2.24) is 0 Å².